The lowest BCUT2D eigenvalue weighted by molar-refractivity contribution is 0.104. The van der Waals surface area contributed by atoms with Gasteiger partial charge in [-0.15, -0.1) is 0 Å². The Bertz CT molecular complexity index is 331. The van der Waals surface area contributed by atoms with Crippen LogP contribution in [0.2, 0.25) is 5.02 Å². The molecular weight excluding hydrogens is 198 g/mol. The summed E-state index contributed by atoms with van der Waals surface area (Å²) in [6, 6.07) is 5.40. The van der Waals surface area contributed by atoms with Crippen molar-refractivity contribution in [2.45, 2.75) is 32.4 Å². The molecule has 0 aliphatic rings. The summed E-state index contributed by atoms with van der Waals surface area (Å²) in [7, 11) is 0. The molecule has 0 spiro atoms. The molecule has 3 N–H and O–H groups in total. The molecule has 0 heterocycles. The predicted octanol–water partition coefficient (Wildman–Crippen LogP) is 2.42. The standard InChI is InChI=1S/C11H16ClNO/c1-7-6-8(12)4-5-9(7)10(14)11(2,3)13/h4-6,10,14H,13H2,1-3H3. The summed E-state index contributed by atoms with van der Waals surface area (Å²) in [6.45, 7) is 5.51. The summed E-state index contributed by atoms with van der Waals surface area (Å²) < 4.78 is 0. The van der Waals surface area contributed by atoms with Crippen LogP contribution in [-0.2, 0) is 0 Å². The molecule has 2 nitrogen and oxygen atoms in total. The molecule has 0 fully saturated rings. The summed E-state index contributed by atoms with van der Waals surface area (Å²) in [6.07, 6.45) is -0.667. The molecule has 0 aliphatic carbocycles. The van der Waals surface area contributed by atoms with Crippen LogP contribution >= 0.6 is 11.6 Å². The van der Waals surface area contributed by atoms with E-state index in [1.54, 1.807) is 19.9 Å². The fourth-order valence-corrected chi connectivity index (χ4v) is 1.57. The Morgan fingerprint density at radius 1 is 1.43 bits per heavy atom. The van der Waals surface area contributed by atoms with E-state index >= 15 is 0 Å². The van der Waals surface area contributed by atoms with Crippen LogP contribution in [0.5, 0.6) is 0 Å². The smallest absolute Gasteiger partial charge is 0.0966 e. The minimum Gasteiger partial charge on any atom is -0.386 e. The number of benzene rings is 1. The molecule has 1 aromatic rings. The van der Waals surface area contributed by atoms with Crippen LogP contribution in [0.25, 0.3) is 0 Å². The normalized spacial score (nSPS) is 14.1. The quantitative estimate of drug-likeness (QED) is 0.793. The van der Waals surface area contributed by atoms with Crippen LogP contribution in [0.3, 0.4) is 0 Å². The van der Waals surface area contributed by atoms with E-state index in [-0.39, 0.29) is 0 Å². The first-order valence-corrected chi connectivity index (χ1v) is 4.93. The molecule has 1 atom stereocenters. The molecule has 0 saturated heterocycles. The fourth-order valence-electron chi connectivity index (χ4n) is 1.35. The van der Waals surface area contributed by atoms with Crippen LogP contribution in [0.4, 0.5) is 0 Å². The van der Waals surface area contributed by atoms with Crippen molar-refractivity contribution in [2.24, 2.45) is 5.73 Å². The highest BCUT2D eigenvalue weighted by Gasteiger charge is 2.25. The first kappa shape index (κ1) is 11.5. The maximum atomic E-state index is 9.96. The van der Waals surface area contributed by atoms with Gasteiger partial charge in [-0.1, -0.05) is 17.7 Å². The van der Waals surface area contributed by atoms with Gasteiger partial charge in [0.1, 0.15) is 0 Å². The van der Waals surface area contributed by atoms with Gasteiger partial charge in [0.05, 0.1) is 6.10 Å². The maximum absolute atomic E-state index is 9.96. The number of halogens is 1. The lowest BCUT2D eigenvalue weighted by Crippen LogP contribution is -2.39. The molecule has 1 aromatic carbocycles. The summed E-state index contributed by atoms with van der Waals surface area (Å²) in [4.78, 5) is 0. The van der Waals surface area contributed by atoms with Gasteiger partial charge in [-0.3, -0.25) is 0 Å². The molecule has 3 heteroatoms. The van der Waals surface area contributed by atoms with Crippen LogP contribution < -0.4 is 5.73 Å². The first-order valence-electron chi connectivity index (χ1n) is 4.55. The molecule has 78 valence electrons. The van der Waals surface area contributed by atoms with E-state index in [2.05, 4.69) is 0 Å². The SMILES string of the molecule is Cc1cc(Cl)ccc1C(O)C(C)(C)N. The molecule has 0 saturated carbocycles. The van der Waals surface area contributed by atoms with Gasteiger partial charge in [-0.05, 0) is 44.0 Å². The second-order valence-corrected chi connectivity index (χ2v) is 4.66. The molecule has 0 aromatic heterocycles. The van der Waals surface area contributed by atoms with Gasteiger partial charge in [-0.2, -0.15) is 0 Å². The Labute approximate surface area is 89.7 Å². The van der Waals surface area contributed by atoms with Crippen molar-refractivity contribution < 1.29 is 5.11 Å². The van der Waals surface area contributed by atoms with E-state index in [0.717, 1.165) is 11.1 Å². The van der Waals surface area contributed by atoms with E-state index in [9.17, 15) is 5.11 Å². The van der Waals surface area contributed by atoms with Gasteiger partial charge in [0.15, 0.2) is 0 Å². The van der Waals surface area contributed by atoms with Gasteiger partial charge in [0.25, 0.3) is 0 Å². The number of aliphatic hydroxyl groups excluding tert-OH is 1. The second-order valence-electron chi connectivity index (χ2n) is 4.22. The number of aryl methyl sites for hydroxylation is 1. The number of rotatable bonds is 2. The lowest BCUT2D eigenvalue weighted by atomic mass is 9.90. The van der Waals surface area contributed by atoms with Gasteiger partial charge < -0.3 is 10.8 Å². The van der Waals surface area contributed by atoms with Crippen molar-refractivity contribution in [3.63, 3.8) is 0 Å². The zero-order valence-electron chi connectivity index (χ0n) is 8.71. The average molecular weight is 214 g/mol. The molecule has 0 bridgehead atoms. The fraction of sp³-hybridized carbons (Fsp3) is 0.455. The summed E-state index contributed by atoms with van der Waals surface area (Å²) >= 11 is 5.82. The Kier molecular flexibility index (Phi) is 3.20. The van der Waals surface area contributed by atoms with Crippen molar-refractivity contribution in [1.29, 1.82) is 0 Å². The van der Waals surface area contributed by atoms with Crippen LogP contribution in [0.1, 0.15) is 31.1 Å². The molecule has 0 amide bonds. The highest BCUT2D eigenvalue weighted by molar-refractivity contribution is 6.30. The zero-order valence-corrected chi connectivity index (χ0v) is 9.47. The van der Waals surface area contributed by atoms with Crippen molar-refractivity contribution in [3.05, 3.63) is 34.3 Å². The van der Waals surface area contributed by atoms with E-state index < -0.39 is 11.6 Å². The molecule has 14 heavy (non-hydrogen) atoms. The molecule has 1 unspecified atom stereocenters. The number of aliphatic hydroxyl groups is 1. The summed E-state index contributed by atoms with van der Waals surface area (Å²) in [5.74, 6) is 0. The third kappa shape index (κ3) is 2.47. The Hall–Kier alpha value is -0.570. The van der Waals surface area contributed by atoms with Crippen molar-refractivity contribution in [1.82, 2.24) is 0 Å². The van der Waals surface area contributed by atoms with Crippen molar-refractivity contribution in [3.8, 4) is 0 Å². The largest absolute Gasteiger partial charge is 0.386 e. The van der Waals surface area contributed by atoms with E-state index in [4.69, 9.17) is 17.3 Å². The van der Waals surface area contributed by atoms with E-state index in [1.807, 2.05) is 19.1 Å². The molecule has 0 aliphatic heterocycles. The van der Waals surface area contributed by atoms with Crippen LogP contribution in [-0.4, -0.2) is 10.6 Å². The lowest BCUT2D eigenvalue weighted by Gasteiger charge is -2.27. The number of nitrogens with two attached hydrogens (primary N) is 1. The monoisotopic (exact) mass is 213 g/mol. The zero-order chi connectivity index (χ0) is 10.9. The Balaban J connectivity index is 3.08. The number of hydrogen-bond acceptors (Lipinski definition) is 2. The third-order valence-electron chi connectivity index (χ3n) is 2.23. The predicted molar refractivity (Wildman–Crippen MR) is 59.4 cm³/mol. The van der Waals surface area contributed by atoms with Gasteiger partial charge in [-0.25, -0.2) is 0 Å². The summed E-state index contributed by atoms with van der Waals surface area (Å²) in [5.41, 5.74) is 6.99. The van der Waals surface area contributed by atoms with Crippen LogP contribution in [0, 0.1) is 6.92 Å². The minimum absolute atomic E-state index is 0.640. The average Bonchev–Trinajstić information content (AvgIpc) is 2.01. The van der Waals surface area contributed by atoms with Gasteiger partial charge in [0.2, 0.25) is 0 Å². The van der Waals surface area contributed by atoms with E-state index in [0.29, 0.717) is 5.02 Å². The topological polar surface area (TPSA) is 46.2 Å². The maximum Gasteiger partial charge on any atom is 0.0966 e. The Morgan fingerprint density at radius 2 is 2.00 bits per heavy atom. The second kappa shape index (κ2) is 3.89. The van der Waals surface area contributed by atoms with Gasteiger partial charge in [0, 0.05) is 10.6 Å². The molecule has 0 radical (unpaired) electrons. The molecule has 1 rings (SSSR count). The highest BCUT2D eigenvalue weighted by atomic mass is 35.5. The number of hydrogen-bond donors (Lipinski definition) is 2. The summed E-state index contributed by atoms with van der Waals surface area (Å²) in [5, 5.41) is 10.6. The third-order valence-corrected chi connectivity index (χ3v) is 2.47. The minimum atomic E-state index is -0.667. The molecular formula is C11H16ClNO. The Morgan fingerprint density at radius 3 is 2.43 bits per heavy atom. The highest BCUT2D eigenvalue weighted by Crippen LogP contribution is 2.27. The van der Waals surface area contributed by atoms with Crippen LogP contribution in [0.15, 0.2) is 18.2 Å². The van der Waals surface area contributed by atoms with Crippen molar-refractivity contribution >= 4 is 11.6 Å². The van der Waals surface area contributed by atoms with E-state index in [1.165, 1.54) is 0 Å². The van der Waals surface area contributed by atoms with Crippen molar-refractivity contribution in [2.75, 3.05) is 0 Å². The van der Waals surface area contributed by atoms with Gasteiger partial charge >= 0.3 is 0 Å². The first-order chi connectivity index (χ1) is 6.32.